The van der Waals surface area contributed by atoms with Gasteiger partial charge in [-0.15, -0.1) is 0 Å². The van der Waals surface area contributed by atoms with Crippen LogP contribution in [-0.4, -0.2) is 18.0 Å². The molecule has 0 atom stereocenters. The number of rotatable bonds is 6. The van der Waals surface area contributed by atoms with E-state index >= 15 is 0 Å². The van der Waals surface area contributed by atoms with Crippen LogP contribution in [-0.2, 0) is 0 Å². The van der Waals surface area contributed by atoms with E-state index in [1.807, 2.05) is 6.07 Å². The molecule has 0 radical (unpaired) electrons. The number of para-hydroxylation sites is 1. The molecule has 0 spiro atoms. The quantitative estimate of drug-likeness (QED) is 0.625. The number of hydrogen-bond acceptors (Lipinski definition) is 4. The minimum Gasteiger partial charge on any atom is -0.507 e. The zero-order valence-electron chi connectivity index (χ0n) is 11.1. The molecule has 2 aromatic carbocycles. The highest BCUT2D eigenvalue weighted by Crippen LogP contribution is 2.38. The standard InChI is InChI=1S/C16H13ClO3S/c1-2-7-20-15-9-11(8-13(17)12(15)10-18)21-16-6-4-3-5-14(16)19/h2-6,8-10,19H,1,7H2. The summed E-state index contributed by atoms with van der Waals surface area (Å²) in [5.41, 5.74) is 0.306. The van der Waals surface area contributed by atoms with Crippen molar-refractivity contribution in [1.82, 2.24) is 0 Å². The average Bonchev–Trinajstić information content (AvgIpc) is 2.47. The van der Waals surface area contributed by atoms with Gasteiger partial charge in [0.25, 0.3) is 0 Å². The summed E-state index contributed by atoms with van der Waals surface area (Å²) in [5, 5.41) is 10.1. The number of aromatic hydroxyl groups is 1. The zero-order chi connectivity index (χ0) is 15.2. The minimum atomic E-state index is 0.187. The largest absolute Gasteiger partial charge is 0.507 e. The minimum absolute atomic E-state index is 0.187. The summed E-state index contributed by atoms with van der Waals surface area (Å²) in [7, 11) is 0. The Morgan fingerprint density at radius 2 is 2.10 bits per heavy atom. The Labute approximate surface area is 132 Å². The van der Waals surface area contributed by atoms with Gasteiger partial charge in [-0.3, -0.25) is 4.79 Å². The van der Waals surface area contributed by atoms with E-state index in [4.69, 9.17) is 16.3 Å². The summed E-state index contributed by atoms with van der Waals surface area (Å²) >= 11 is 7.45. The number of phenols is 1. The van der Waals surface area contributed by atoms with Gasteiger partial charge in [0.2, 0.25) is 0 Å². The molecule has 0 unspecified atom stereocenters. The van der Waals surface area contributed by atoms with Crippen LogP contribution in [0.25, 0.3) is 0 Å². The molecule has 5 heteroatoms. The molecule has 2 aromatic rings. The van der Waals surface area contributed by atoms with Crippen molar-refractivity contribution in [2.75, 3.05) is 6.61 Å². The number of hydrogen-bond donors (Lipinski definition) is 1. The molecule has 0 heterocycles. The first-order valence-electron chi connectivity index (χ1n) is 6.14. The summed E-state index contributed by atoms with van der Waals surface area (Å²) in [6.45, 7) is 3.85. The molecular weight excluding hydrogens is 308 g/mol. The number of benzene rings is 2. The van der Waals surface area contributed by atoms with Crippen molar-refractivity contribution < 1.29 is 14.6 Å². The first kappa shape index (κ1) is 15.5. The molecule has 0 aliphatic carbocycles. The molecule has 0 bridgehead atoms. The molecule has 1 N–H and O–H groups in total. The Balaban J connectivity index is 2.36. The molecule has 0 aromatic heterocycles. The monoisotopic (exact) mass is 320 g/mol. The van der Waals surface area contributed by atoms with Gasteiger partial charge in [0.05, 0.1) is 15.5 Å². The van der Waals surface area contributed by atoms with Crippen molar-refractivity contribution in [3.8, 4) is 11.5 Å². The Bertz CT molecular complexity index is 671. The average molecular weight is 321 g/mol. The summed E-state index contributed by atoms with van der Waals surface area (Å²) in [5.74, 6) is 0.585. The van der Waals surface area contributed by atoms with Crippen LogP contribution in [0.3, 0.4) is 0 Å². The van der Waals surface area contributed by atoms with E-state index in [0.29, 0.717) is 27.5 Å². The van der Waals surface area contributed by atoms with E-state index in [2.05, 4.69) is 6.58 Å². The van der Waals surface area contributed by atoms with Gasteiger partial charge in [-0.25, -0.2) is 0 Å². The number of aldehydes is 1. The molecule has 21 heavy (non-hydrogen) atoms. The number of ether oxygens (including phenoxy) is 1. The zero-order valence-corrected chi connectivity index (χ0v) is 12.7. The lowest BCUT2D eigenvalue weighted by atomic mass is 10.2. The third-order valence-electron chi connectivity index (χ3n) is 2.63. The second-order valence-electron chi connectivity index (χ2n) is 4.10. The smallest absolute Gasteiger partial charge is 0.155 e. The van der Waals surface area contributed by atoms with Gasteiger partial charge in [0.15, 0.2) is 6.29 Å². The fourth-order valence-electron chi connectivity index (χ4n) is 1.68. The van der Waals surface area contributed by atoms with E-state index in [9.17, 15) is 9.90 Å². The third-order valence-corrected chi connectivity index (χ3v) is 3.98. The maximum Gasteiger partial charge on any atom is 0.155 e. The van der Waals surface area contributed by atoms with E-state index < -0.39 is 0 Å². The van der Waals surface area contributed by atoms with Gasteiger partial charge in [-0.05, 0) is 24.3 Å². The number of carbonyl (C=O) groups is 1. The maximum atomic E-state index is 11.1. The Morgan fingerprint density at radius 3 is 2.76 bits per heavy atom. The van der Waals surface area contributed by atoms with E-state index in [1.54, 1.807) is 36.4 Å². The highest BCUT2D eigenvalue weighted by molar-refractivity contribution is 7.99. The van der Waals surface area contributed by atoms with E-state index in [-0.39, 0.29) is 12.4 Å². The molecule has 108 valence electrons. The second kappa shape index (κ2) is 7.20. The Hall–Kier alpha value is -1.91. The molecular formula is C16H13ClO3S. The van der Waals surface area contributed by atoms with E-state index in [1.165, 1.54) is 11.8 Å². The topological polar surface area (TPSA) is 46.5 Å². The second-order valence-corrected chi connectivity index (χ2v) is 5.63. The van der Waals surface area contributed by atoms with Gasteiger partial charge in [0.1, 0.15) is 18.1 Å². The van der Waals surface area contributed by atoms with Gasteiger partial charge < -0.3 is 9.84 Å². The van der Waals surface area contributed by atoms with E-state index in [0.717, 1.165) is 4.90 Å². The van der Waals surface area contributed by atoms with Crippen LogP contribution in [0, 0.1) is 0 Å². The predicted octanol–water partition coefficient (Wildman–Crippen LogP) is 4.57. The highest BCUT2D eigenvalue weighted by atomic mass is 35.5. The van der Waals surface area contributed by atoms with Crippen molar-refractivity contribution in [3.63, 3.8) is 0 Å². The molecule has 0 saturated carbocycles. The molecule has 0 amide bonds. The maximum absolute atomic E-state index is 11.1. The lowest BCUT2D eigenvalue weighted by Gasteiger charge is -2.11. The molecule has 0 fully saturated rings. The van der Waals surface area contributed by atoms with Gasteiger partial charge >= 0.3 is 0 Å². The highest BCUT2D eigenvalue weighted by Gasteiger charge is 2.12. The number of halogens is 1. The lowest BCUT2D eigenvalue weighted by Crippen LogP contribution is -1.98. The number of phenolic OH excluding ortho intramolecular Hbond substituents is 1. The van der Waals surface area contributed by atoms with Crippen LogP contribution >= 0.6 is 23.4 Å². The number of carbonyl (C=O) groups excluding carboxylic acids is 1. The fourth-order valence-corrected chi connectivity index (χ4v) is 2.92. The third kappa shape index (κ3) is 3.80. The van der Waals surface area contributed by atoms with Crippen molar-refractivity contribution in [1.29, 1.82) is 0 Å². The first-order valence-corrected chi connectivity index (χ1v) is 7.33. The summed E-state index contributed by atoms with van der Waals surface area (Å²) in [6.07, 6.45) is 2.25. The van der Waals surface area contributed by atoms with Crippen LogP contribution < -0.4 is 4.74 Å². The molecule has 0 aliphatic rings. The summed E-state index contributed by atoms with van der Waals surface area (Å²) < 4.78 is 5.46. The molecule has 3 nitrogen and oxygen atoms in total. The van der Waals surface area contributed by atoms with Crippen molar-refractivity contribution in [3.05, 3.63) is 59.6 Å². The van der Waals surface area contributed by atoms with Crippen LogP contribution in [0.2, 0.25) is 5.02 Å². The van der Waals surface area contributed by atoms with Crippen LogP contribution in [0.5, 0.6) is 11.5 Å². The normalized spacial score (nSPS) is 10.1. The lowest BCUT2D eigenvalue weighted by molar-refractivity contribution is 0.112. The van der Waals surface area contributed by atoms with Crippen molar-refractivity contribution in [2.45, 2.75) is 9.79 Å². The SMILES string of the molecule is C=CCOc1cc(Sc2ccccc2O)cc(Cl)c1C=O. The van der Waals surface area contributed by atoms with Gasteiger partial charge in [-0.1, -0.05) is 48.2 Å². The molecule has 0 saturated heterocycles. The van der Waals surface area contributed by atoms with Crippen molar-refractivity contribution >= 4 is 29.6 Å². The van der Waals surface area contributed by atoms with Crippen LogP contribution in [0.1, 0.15) is 10.4 Å². The fraction of sp³-hybridized carbons (Fsp3) is 0.0625. The molecule has 2 rings (SSSR count). The molecule has 0 aliphatic heterocycles. The van der Waals surface area contributed by atoms with Gasteiger partial charge in [0, 0.05) is 4.90 Å². The predicted molar refractivity (Wildman–Crippen MR) is 84.8 cm³/mol. The van der Waals surface area contributed by atoms with Crippen LogP contribution in [0.4, 0.5) is 0 Å². The van der Waals surface area contributed by atoms with Gasteiger partial charge in [-0.2, -0.15) is 0 Å². The van der Waals surface area contributed by atoms with Crippen LogP contribution in [0.15, 0.2) is 58.8 Å². The Kier molecular flexibility index (Phi) is 5.31. The van der Waals surface area contributed by atoms with Crippen molar-refractivity contribution in [2.24, 2.45) is 0 Å². The summed E-state index contributed by atoms with van der Waals surface area (Å²) in [6, 6.07) is 10.4. The first-order chi connectivity index (χ1) is 10.2. The summed E-state index contributed by atoms with van der Waals surface area (Å²) in [4.78, 5) is 12.6. The Morgan fingerprint density at radius 1 is 1.33 bits per heavy atom.